The Morgan fingerprint density at radius 3 is 1.56 bits per heavy atom. The average molecular weight is 267 g/mol. The second kappa shape index (κ2) is 5.65. The molecule has 0 amide bonds. The fourth-order valence-electron chi connectivity index (χ4n) is 1.60. The maximum Gasteiger partial charge on any atom is 0.200 e. The molecule has 18 heavy (non-hydrogen) atoms. The summed E-state index contributed by atoms with van der Waals surface area (Å²) < 4.78 is 65.5. The van der Waals surface area contributed by atoms with E-state index < -0.39 is 40.7 Å². The zero-order valence-corrected chi connectivity index (χ0v) is 10.0. The fraction of sp³-hybridized carbons (Fsp3) is 0.500. The minimum Gasteiger partial charge on any atom is -0.324 e. The number of hydrogen-bond acceptors (Lipinski definition) is 1. The molecule has 0 aliphatic heterocycles. The molecule has 0 saturated carbocycles. The lowest BCUT2D eigenvalue weighted by atomic mass is 9.97. The van der Waals surface area contributed by atoms with E-state index in [0.29, 0.717) is 6.42 Å². The van der Waals surface area contributed by atoms with Gasteiger partial charge in [0.05, 0.1) is 0 Å². The molecule has 1 rings (SSSR count). The quantitative estimate of drug-likeness (QED) is 0.501. The topological polar surface area (TPSA) is 26.0 Å². The van der Waals surface area contributed by atoms with Gasteiger partial charge in [-0.2, -0.15) is 0 Å². The van der Waals surface area contributed by atoms with E-state index in [1.165, 1.54) is 0 Å². The molecule has 0 bridgehead atoms. The molecule has 6 heteroatoms. The van der Waals surface area contributed by atoms with Crippen molar-refractivity contribution in [3.63, 3.8) is 0 Å². The summed E-state index contributed by atoms with van der Waals surface area (Å²) in [6.45, 7) is 3.73. The average Bonchev–Trinajstić information content (AvgIpc) is 2.31. The summed E-state index contributed by atoms with van der Waals surface area (Å²) in [6.07, 6.45) is 0.677. The van der Waals surface area contributed by atoms with Gasteiger partial charge in [0.25, 0.3) is 0 Å². The Labute approximate surface area is 102 Å². The van der Waals surface area contributed by atoms with E-state index in [1.54, 1.807) is 0 Å². The van der Waals surface area contributed by atoms with Crippen LogP contribution in [0, 0.1) is 35.0 Å². The molecule has 1 aromatic carbocycles. The molecule has 0 unspecified atom stereocenters. The molecule has 0 aliphatic rings. The van der Waals surface area contributed by atoms with Crippen LogP contribution in [0.3, 0.4) is 0 Å². The van der Waals surface area contributed by atoms with Gasteiger partial charge < -0.3 is 5.73 Å². The van der Waals surface area contributed by atoms with Crippen molar-refractivity contribution in [2.45, 2.75) is 32.7 Å². The van der Waals surface area contributed by atoms with E-state index in [0.717, 1.165) is 0 Å². The van der Waals surface area contributed by atoms with Gasteiger partial charge in [0, 0.05) is 11.6 Å². The van der Waals surface area contributed by atoms with Crippen LogP contribution in [0.2, 0.25) is 0 Å². The van der Waals surface area contributed by atoms with Crippen molar-refractivity contribution in [2.24, 2.45) is 11.7 Å². The lowest BCUT2D eigenvalue weighted by Gasteiger charge is -2.16. The Kier molecular flexibility index (Phi) is 4.67. The van der Waals surface area contributed by atoms with E-state index in [2.05, 4.69) is 0 Å². The van der Waals surface area contributed by atoms with Gasteiger partial charge >= 0.3 is 0 Å². The van der Waals surface area contributed by atoms with Crippen LogP contribution in [-0.4, -0.2) is 0 Å². The normalized spacial score (nSPS) is 13.2. The SMILES string of the molecule is CC(C)CC[C@@H](N)c1c(F)c(F)c(F)c(F)c1F. The Balaban J connectivity index is 3.16. The van der Waals surface area contributed by atoms with Crippen LogP contribution in [0.1, 0.15) is 38.3 Å². The molecule has 1 nitrogen and oxygen atoms in total. The van der Waals surface area contributed by atoms with Gasteiger partial charge in [-0.15, -0.1) is 0 Å². The highest BCUT2D eigenvalue weighted by Crippen LogP contribution is 2.29. The minimum absolute atomic E-state index is 0.149. The first-order chi connectivity index (χ1) is 8.27. The molecule has 0 saturated heterocycles. The maximum absolute atomic E-state index is 13.4. The Hall–Kier alpha value is -1.17. The van der Waals surface area contributed by atoms with Crippen LogP contribution < -0.4 is 5.73 Å². The van der Waals surface area contributed by atoms with E-state index in [9.17, 15) is 22.0 Å². The van der Waals surface area contributed by atoms with Gasteiger partial charge in [0.2, 0.25) is 5.82 Å². The summed E-state index contributed by atoms with van der Waals surface area (Å²) in [6, 6.07) is -1.21. The minimum atomic E-state index is -2.16. The maximum atomic E-state index is 13.4. The number of halogens is 5. The van der Waals surface area contributed by atoms with Crippen molar-refractivity contribution in [3.05, 3.63) is 34.6 Å². The zero-order chi connectivity index (χ0) is 14.0. The fourth-order valence-corrected chi connectivity index (χ4v) is 1.60. The molecule has 0 aromatic heterocycles. The Bertz CT molecular complexity index is 416. The molecule has 1 atom stereocenters. The van der Waals surface area contributed by atoms with Crippen molar-refractivity contribution >= 4 is 0 Å². The lowest BCUT2D eigenvalue weighted by molar-refractivity contribution is 0.359. The Morgan fingerprint density at radius 1 is 0.778 bits per heavy atom. The van der Waals surface area contributed by atoms with Crippen molar-refractivity contribution in [1.82, 2.24) is 0 Å². The van der Waals surface area contributed by atoms with Gasteiger partial charge in [0.15, 0.2) is 23.3 Å². The van der Waals surface area contributed by atoms with Crippen molar-refractivity contribution < 1.29 is 22.0 Å². The molecule has 2 N–H and O–H groups in total. The van der Waals surface area contributed by atoms with Crippen LogP contribution >= 0.6 is 0 Å². The van der Waals surface area contributed by atoms with Crippen LogP contribution in [0.4, 0.5) is 22.0 Å². The predicted octanol–water partition coefficient (Wildman–Crippen LogP) is 3.82. The second-order valence-electron chi connectivity index (χ2n) is 4.56. The van der Waals surface area contributed by atoms with Gasteiger partial charge in [0.1, 0.15) is 0 Å². The number of rotatable bonds is 4. The first kappa shape index (κ1) is 14.9. The lowest BCUT2D eigenvalue weighted by Crippen LogP contribution is -2.18. The zero-order valence-electron chi connectivity index (χ0n) is 10.0. The molecular weight excluding hydrogens is 253 g/mol. The van der Waals surface area contributed by atoms with Crippen LogP contribution in [0.15, 0.2) is 0 Å². The largest absolute Gasteiger partial charge is 0.324 e. The third-order valence-electron chi connectivity index (χ3n) is 2.67. The van der Waals surface area contributed by atoms with Crippen LogP contribution in [0.5, 0.6) is 0 Å². The molecule has 0 heterocycles. The van der Waals surface area contributed by atoms with Gasteiger partial charge in [-0.25, -0.2) is 22.0 Å². The third-order valence-corrected chi connectivity index (χ3v) is 2.67. The van der Waals surface area contributed by atoms with E-state index in [1.807, 2.05) is 13.8 Å². The van der Waals surface area contributed by atoms with Gasteiger partial charge in [-0.3, -0.25) is 0 Å². The van der Waals surface area contributed by atoms with E-state index >= 15 is 0 Å². The first-order valence-electron chi connectivity index (χ1n) is 5.54. The Morgan fingerprint density at radius 2 is 1.17 bits per heavy atom. The molecule has 102 valence electrons. The standard InChI is InChI=1S/C12H14F5N/c1-5(2)3-4-6(18)7-8(13)10(15)12(17)11(16)9(7)14/h5-6H,3-4,18H2,1-2H3/t6-/m1/s1. The van der Waals surface area contributed by atoms with E-state index in [-0.39, 0.29) is 12.3 Å². The highest BCUT2D eigenvalue weighted by atomic mass is 19.2. The number of nitrogens with two attached hydrogens (primary N) is 1. The van der Waals surface area contributed by atoms with Crippen molar-refractivity contribution in [3.8, 4) is 0 Å². The molecule has 0 fully saturated rings. The molecule has 0 spiro atoms. The summed E-state index contributed by atoms with van der Waals surface area (Å²) in [7, 11) is 0. The summed E-state index contributed by atoms with van der Waals surface area (Å²) >= 11 is 0. The van der Waals surface area contributed by atoms with Crippen molar-refractivity contribution in [2.75, 3.05) is 0 Å². The number of benzene rings is 1. The molecular formula is C12H14F5N. The number of hydrogen-bond donors (Lipinski definition) is 1. The second-order valence-corrected chi connectivity index (χ2v) is 4.56. The van der Waals surface area contributed by atoms with Gasteiger partial charge in [-0.1, -0.05) is 13.8 Å². The monoisotopic (exact) mass is 267 g/mol. The van der Waals surface area contributed by atoms with E-state index in [4.69, 9.17) is 5.73 Å². The molecule has 1 aromatic rings. The first-order valence-corrected chi connectivity index (χ1v) is 5.54. The summed E-state index contributed by atoms with van der Waals surface area (Å²) in [5.74, 6) is -9.54. The van der Waals surface area contributed by atoms with Crippen LogP contribution in [-0.2, 0) is 0 Å². The summed E-state index contributed by atoms with van der Waals surface area (Å²) in [5, 5.41) is 0. The summed E-state index contributed by atoms with van der Waals surface area (Å²) in [4.78, 5) is 0. The third kappa shape index (κ3) is 2.80. The molecule has 0 aliphatic carbocycles. The van der Waals surface area contributed by atoms with Gasteiger partial charge in [-0.05, 0) is 18.8 Å². The van der Waals surface area contributed by atoms with Crippen molar-refractivity contribution in [1.29, 1.82) is 0 Å². The smallest absolute Gasteiger partial charge is 0.200 e. The highest BCUT2D eigenvalue weighted by molar-refractivity contribution is 5.26. The predicted molar refractivity (Wildman–Crippen MR) is 57.2 cm³/mol. The van der Waals surface area contributed by atoms with Crippen LogP contribution in [0.25, 0.3) is 0 Å². The summed E-state index contributed by atoms with van der Waals surface area (Å²) in [5.41, 5.74) is 4.56. The highest BCUT2D eigenvalue weighted by Gasteiger charge is 2.28. The molecule has 0 radical (unpaired) electrons.